The predicted octanol–water partition coefficient (Wildman–Crippen LogP) is 2.26. The summed E-state index contributed by atoms with van der Waals surface area (Å²) < 4.78 is 3.13. The van der Waals surface area contributed by atoms with Gasteiger partial charge in [0.25, 0.3) is 0 Å². The van der Waals surface area contributed by atoms with Crippen LogP contribution in [0.25, 0.3) is 0 Å². The molecular formula is C5H14INSi. The molecule has 0 aliphatic rings. The van der Waals surface area contributed by atoms with Crippen molar-refractivity contribution in [3.63, 3.8) is 0 Å². The molecule has 0 heterocycles. The van der Waals surface area contributed by atoms with E-state index in [4.69, 9.17) is 0 Å². The normalized spacial score (nSPS) is 12.0. The minimum atomic E-state index is -0.745. The third-order valence-electron chi connectivity index (χ3n) is 0.969. The van der Waals surface area contributed by atoms with Crippen molar-refractivity contribution in [1.82, 2.24) is 3.53 Å². The van der Waals surface area contributed by atoms with E-state index in [1.807, 2.05) is 0 Å². The highest BCUT2D eigenvalue weighted by atomic mass is 127. The van der Waals surface area contributed by atoms with E-state index in [9.17, 15) is 0 Å². The van der Waals surface area contributed by atoms with Crippen LogP contribution < -0.4 is 3.53 Å². The summed E-state index contributed by atoms with van der Waals surface area (Å²) in [5, 5.41) is 0. The van der Waals surface area contributed by atoms with Crippen molar-refractivity contribution in [2.45, 2.75) is 25.7 Å². The molecule has 0 saturated carbocycles. The number of halogens is 1. The van der Waals surface area contributed by atoms with E-state index in [-0.39, 0.29) is 0 Å². The van der Waals surface area contributed by atoms with Crippen molar-refractivity contribution in [3.8, 4) is 0 Å². The molecule has 0 atom stereocenters. The van der Waals surface area contributed by atoms with Crippen LogP contribution >= 0.6 is 22.9 Å². The molecular weight excluding hydrogens is 229 g/mol. The van der Waals surface area contributed by atoms with Gasteiger partial charge in [0.2, 0.25) is 0 Å². The summed E-state index contributed by atoms with van der Waals surface area (Å²) in [5.41, 5.74) is 0. The highest BCUT2D eigenvalue weighted by molar-refractivity contribution is 14.1. The molecule has 1 N–H and O–H groups in total. The molecule has 0 aliphatic heterocycles. The van der Waals surface area contributed by atoms with Crippen LogP contribution in [0, 0.1) is 0 Å². The van der Waals surface area contributed by atoms with Gasteiger partial charge in [0.15, 0.2) is 0 Å². The molecule has 0 saturated heterocycles. The van der Waals surface area contributed by atoms with E-state index in [1.54, 1.807) is 0 Å². The fourth-order valence-electron chi connectivity index (χ4n) is 0.422. The summed E-state index contributed by atoms with van der Waals surface area (Å²) in [6.07, 6.45) is 0. The van der Waals surface area contributed by atoms with Gasteiger partial charge in [-0.25, -0.2) is 0 Å². The number of rotatable bonds is 3. The molecule has 0 amide bonds. The van der Waals surface area contributed by atoms with Gasteiger partial charge in [-0.3, -0.25) is 3.53 Å². The lowest BCUT2D eigenvalue weighted by Crippen LogP contribution is -2.23. The Morgan fingerprint density at radius 2 is 1.88 bits per heavy atom. The van der Waals surface area contributed by atoms with Crippen LogP contribution in [0.3, 0.4) is 0 Å². The third kappa shape index (κ3) is 6.91. The fraction of sp³-hybridized carbons (Fsp3) is 1.00. The molecule has 50 valence electrons. The number of hydrogen-bond donors (Lipinski definition) is 1. The molecule has 0 radical (unpaired) electrons. The summed E-state index contributed by atoms with van der Waals surface area (Å²) in [7, 11) is -0.745. The van der Waals surface area contributed by atoms with Crippen LogP contribution in [0.5, 0.6) is 0 Å². The second-order valence-electron chi connectivity index (χ2n) is 3.19. The second kappa shape index (κ2) is 3.84. The van der Waals surface area contributed by atoms with Crippen LogP contribution in [-0.2, 0) is 0 Å². The minimum Gasteiger partial charge on any atom is -0.261 e. The Morgan fingerprint density at radius 1 is 1.38 bits per heavy atom. The average Bonchev–Trinajstić information content (AvgIpc) is 1.59. The van der Waals surface area contributed by atoms with Crippen molar-refractivity contribution in [2.75, 3.05) is 6.54 Å². The molecule has 0 aromatic carbocycles. The summed E-state index contributed by atoms with van der Waals surface area (Å²) in [6.45, 7) is 8.35. The van der Waals surface area contributed by atoms with Crippen molar-refractivity contribution >= 4 is 30.9 Å². The topological polar surface area (TPSA) is 12.0 Å². The van der Waals surface area contributed by atoms with Gasteiger partial charge in [-0.2, -0.15) is 0 Å². The van der Waals surface area contributed by atoms with Gasteiger partial charge in [-0.05, 0) is 6.04 Å². The molecule has 0 rings (SSSR count). The molecule has 8 heavy (non-hydrogen) atoms. The summed E-state index contributed by atoms with van der Waals surface area (Å²) in [5.74, 6) is 0. The quantitative estimate of drug-likeness (QED) is 0.455. The molecule has 1 nitrogen and oxygen atoms in total. The average molecular weight is 243 g/mol. The second-order valence-corrected chi connectivity index (χ2v) is 9.58. The molecule has 0 bridgehead atoms. The van der Waals surface area contributed by atoms with Gasteiger partial charge in [-0.1, -0.05) is 19.6 Å². The maximum absolute atomic E-state index is 3.13. The first-order chi connectivity index (χ1) is 3.56. The van der Waals surface area contributed by atoms with Gasteiger partial charge >= 0.3 is 0 Å². The number of nitrogens with one attached hydrogen (secondary N) is 1. The minimum absolute atomic E-state index is 0.745. The molecule has 0 fully saturated rings. The fourth-order valence-corrected chi connectivity index (χ4v) is 2.08. The smallest absolute Gasteiger partial charge is 0.0455 e. The molecule has 0 aliphatic carbocycles. The van der Waals surface area contributed by atoms with E-state index in [0.29, 0.717) is 0 Å². The first-order valence-electron chi connectivity index (χ1n) is 2.90. The number of hydrogen-bond acceptors (Lipinski definition) is 1. The van der Waals surface area contributed by atoms with Gasteiger partial charge in [0.1, 0.15) is 0 Å². The first kappa shape index (κ1) is 8.91. The van der Waals surface area contributed by atoms with E-state index in [1.165, 1.54) is 12.6 Å². The zero-order valence-electron chi connectivity index (χ0n) is 5.79. The maximum Gasteiger partial charge on any atom is 0.0455 e. The van der Waals surface area contributed by atoms with Gasteiger partial charge in [0.05, 0.1) is 0 Å². The first-order valence-corrected chi connectivity index (χ1v) is 7.68. The lowest BCUT2D eigenvalue weighted by molar-refractivity contribution is 1.04. The Kier molecular flexibility index (Phi) is 4.28. The summed E-state index contributed by atoms with van der Waals surface area (Å²) >= 11 is 2.20. The molecule has 0 aromatic rings. The highest BCUT2D eigenvalue weighted by Gasteiger charge is 2.10. The SMILES string of the molecule is C[Si](C)(C)CCNI. The van der Waals surface area contributed by atoms with Crippen molar-refractivity contribution in [1.29, 1.82) is 0 Å². The van der Waals surface area contributed by atoms with Crippen molar-refractivity contribution in [2.24, 2.45) is 0 Å². The van der Waals surface area contributed by atoms with Crippen molar-refractivity contribution in [3.05, 3.63) is 0 Å². The Labute approximate surface area is 66.7 Å². The summed E-state index contributed by atoms with van der Waals surface area (Å²) in [6, 6.07) is 1.38. The zero-order chi connectivity index (χ0) is 6.62. The molecule has 0 spiro atoms. The van der Waals surface area contributed by atoms with Crippen LogP contribution in [0.2, 0.25) is 25.7 Å². The van der Waals surface area contributed by atoms with Crippen molar-refractivity contribution < 1.29 is 0 Å². The van der Waals surface area contributed by atoms with Gasteiger partial charge in [0, 0.05) is 37.5 Å². The lowest BCUT2D eigenvalue weighted by atomic mass is 10.8. The molecule has 3 heteroatoms. The molecule has 0 aromatic heterocycles. The summed E-state index contributed by atoms with van der Waals surface area (Å²) in [4.78, 5) is 0. The van der Waals surface area contributed by atoms with Crippen LogP contribution in [0.4, 0.5) is 0 Å². The lowest BCUT2D eigenvalue weighted by Gasteiger charge is -2.13. The standard InChI is InChI=1S/C5H14INSi/c1-8(2,3)5-4-7-6/h7H,4-5H2,1-3H3. The largest absolute Gasteiger partial charge is 0.261 e. The third-order valence-corrected chi connectivity index (χ3v) is 3.26. The Balaban J connectivity index is 3.11. The Morgan fingerprint density at radius 3 is 2.00 bits per heavy atom. The van der Waals surface area contributed by atoms with Crippen LogP contribution in [0.15, 0.2) is 0 Å². The zero-order valence-corrected chi connectivity index (χ0v) is 8.95. The highest BCUT2D eigenvalue weighted by Crippen LogP contribution is 2.05. The maximum atomic E-state index is 3.13. The van der Waals surface area contributed by atoms with E-state index >= 15 is 0 Å². The Hall–Kier alpha value is 0.907. The molecule has 0 unspecified atom stereocenters. The van der Waals surface area contributed by atoms with E-state index in [2.05, 4.69) is 46.0 Å². The van der Waals surface area contributed by atoms with E-state index < -0.39 is 8.07 Å². The monoisotopic (exact) mass is 243 g/mol. The van der Waals surface area contributed by atoms with Crippen LogP contribution in [0.1, 0.15) is 0 Å². The van der Waals surface area contributed by atoms with Gasteiger partial charge in [-0.15, -0.1) is 0 Å². The van der Waals surface area contributed by atoms with Crippen LogP contribution in [-0.4, -0.2) is 14.6 Å². The van der Waals surface area contributed by atoms with E-state index in [0.717, 1.165) is 0 Å². The van der Waals surface area contributed by atoms with Gasteiger partial charge < -0.3 is 0 Å². The Bertz CT molecular complexity index is 59.9. The predicted molar refractivity (Wildman–Crippen MR) is 50.2 cm³/mol.